The van der Waals surface area contributed by atoms with Crippen LogP contribution >= 0.6 is 11.3 Å². The second kappa shape index (κ2) is 6.67. The molecular weight excluding hydrogens is 293 g/mol. The lowest BCUT2D eigenvalue weighted by molar-refractivity contribution is -0.140. The number of carbonyl (C=O) groups excluding carboxylic acids is 2. The Kier molecular flexibility index (Phi) is 4.90. The third-order valence-corrected chi connectivity index (χ3v) is 4.23. The van der Waals surface area contributed by atoms with Crippen molar-refractivity contribution in [2.75, 3.05) is 20.7 Å². The minimum Gasteiger partial charge on any atom is -0.469 e. The van der Waals surface area contributed by atoms with Gasteiger partial charge in [0.25, 0.3) is 5.91 Å². The maximum absolute atomic E-state index is 13.1. The van der Waals surface area contributed by atoms with Gasteiger partial charge in [0.15, 0.2) is 0 Å². The van der Waals surface area contributed by atoms with Crippen molar-refractivity contribution in [3.8, 4) is 0 Å². The lowest BCUT2D eigenvalue weighted by Gasteiger charge is -2.15. The number of thiophene rings is 1. The second-order valence-electron chi connectivity index (χ2n) is 4.70. The van der Waals surface area contributed by atoms with Gasteiger partial charge in [-0.1, -0.05) is 6.07 Å². The number of ether oxygens (including phenoxy) is 1. The van der Waals surface area contributed by atoms with E-state index in [-0.39, 0.29) is 24.1 Å². The summed E-state index contributed by atoms with van der Waals surface area (Å²) in [5, 5.41) is 0.854. The molecule has 0 saturated carbocycles. The third kappa shape index (κ3) is 3.78. The van der Waals surface area contributed by atoms with Gasteiger partial charge in [0.1, 0.15) is 5.82 Å². The number of esters is 1. The molecule has 0 saturated heterocycles. The number of methoxy groups -OCH3 is 1. The molecule has 1 heterocycles. The molecule has 0 unspecified atom stereocenters. The Balaban J connectivity index is 2.02. The summed E-state index contributed by atoms with van der Waals surface area (Å²) in [5.41, 5.74) is 0. The molecule has 21 heavy (non-hydrogen) atoms. The molecular formula is C15H16FNO3S. The zero-order valence-electron chi connectivity index (χ0n) is 11.9. The van der Waals surface area contributed by atoms with Gasteiger partial charge in [0.05, 0.1) is 12.0 Å². The van der Waals surface area contributed by atoms with Crippen LogP contribution in [0.25, 0.3) is 10.1 Å². The van der Waals surface area contributed by atoms with Crippen LogP contribution in [0.5, 0.6) is 0 Å². The number of hydrogen-bond donors (Lipinski definition) is 0. The molecule has 0 atom stereocenters. The first kappa shape index (κ1) is 15.4. The summed E-state index contributed by atoms with van der Waals surface area (Å²) < 4.78 is 18.5. The van der Waals surface area contributed by atoms with E-state index in [1.807, 2.05) is 0 Å². The highest BCUT2D eigenvalue weighted by molar-refractivity contribution is 7.20. The van der Waals surface area contributed by atoms with E-state index in [1.54, 1.807) is 24.1 Å². The summed E-state index contributed by atoms with van der Waals surface area (Å²) in [6.45, 7) is 0.469. The van der Waals surface area contributed by atoms with Gasteiger partial charge in [-0.2, -0.15) is 0 Å². The molecule has 112 valence electrons. The molecule has 2 rings (SSSR count). The minimum atomic E-state index is -0.310. The van der Waals surface area contributed by atoms with Crippen LogP contribution in [-0.4, -0.2) is 37.5 Å². The first-order valence-electron chi connectivity index (χ1n) is 6.52. The van der Waals surface area contributed by atoms with Crippen molar-refractivity contribution in [1.82, 2.24) is 4.90 Å². The second-order valence-corrected chi connectivity index (χ2v) is 5.78. The number of hydrogen-bond acceptors (Lipinski definition) is 4. The molecule has 6 heteroatoms. The van der Waals surface area contributed by atoms with Gasteiger partial charge in [-0.05, 0) is 30.0 Å². The van der Waals surface area contributed by atoms with Crippen molar-refractivity contribution < 1.29 is 18.7 Å². The van der Waals surface area contributed by atoms with Crippen LogP contribution in [0.3, 0.4) is 0 Å². The largest absolute Gasteiger partial charge is 0.469 e. The van der Waals surface area contributed by atoms with E-state index < -0.39 is 0 Å². The standard InChI is InChI=1S/C15H16FNO3S/c1-17(7-3-4-14(18)20-2)15(19)13-8-10-5-6-11(16)9-12(10)21-13/h5-6,8-9H,3-4,7H2,1-2H3. The van der Waals surface area contributed by atoms with E-state index in [2.05, 4.69) is 4.74 Å². The van der Waals surface area contributed by atoms with E-state index in [0.29, 0.717) is 17.8 Å². The molecule has 0 aliphatic rings. The van der Waals surface area contributed by atoms with E-state index >= 15 is 0 Å². The third-order valence-electron chi connectivity index (χ3n) is 3.14. The van der Waals surface area contributed by atoms with Crippen molar-refractivity contribution in [2.24, 2.45) is 0 Å². The molecule has 1 aromatic carbocycles. The van der Waals surface area contributed by atoms with Crippen LogP contribution < -0.4 is 0 Å². The zero-order chi connectivity index (χ0) is 15.4. The molecule has 2 aromatic rings. The van der Waals surface area contributed by atoms with Crippen molar-refractivity contribution >= 4 is 33.3 Å². The molecule has 0 fully saturated rings. The summed E-state index contributed by atoms with van der Waals surface area (Å²) in [6, 6.07) is 6.23. The SMILES string of the molecule is COC(=O)CCCN(C)C(=O)c1cc2ccc(F)cc2s1. The highest BCUT2D eigenvalue weighted by Gasteiger charge is 2.15. The molecule has 1 aromatic heterocycles. The van der Waals surface area contributed by atoms with Gasteiger partial charge in [-0.3, -0.25) is 9.59 Å². The average molecular weight is 309 g/mol. The Hall–Kier alpha value is -1.95. The number of benzene rings is 1. The van der Waals surface area contributed by atoms with E-state index in [0.717, 1.165) is 10.1 Å². The Morgan fingerprint density at radius 1 is 1.33 bits per heavy atom. The van der Waals surface area contributed by atoms with Crippen molar-refractivity contribution in [3.63, 3.8) is 0 Å². The first-order valence-corrected chi connectivity index (χ1v) is 7.34. The Morgan fingerprint density at radius 2 is 2.10 bits per heavy atom. The summed E-state index contributed by atoms with van der Waals surface area (Å²) >= 11 is 1.27. The molecule has 1 amide bonds. The quantitative estimate of drug-likeness (QED) is 0.798. The number of rotatable bonds is 5. The zero-order valence-corrected chi connectivity index (χ0v) is 12.7. The lowest BCUT2D eigenvalue weighted by Crippen LogP contribution is -2.27. The number of carbonyl (C=O) groups is 2. The van der Waals surface area contributed by atoms with Gasteiger partial charge in [0, 0.05) is 24.7 Å². The van der Waals surface area contributed by atoms with E-state index in [9.17, 15) is 14.0 Å². The Morgan fingerprint density at radius 3 is 2.81 bits per heavy atom. The molecule has 0 aliphatic carbocycles. The lowest BCUT2D eigenvalue weighted by atomic mass is 10.2. The molecule has 0 bridgehead atoms. The molecule has 0 aliphatic heterocycles. The topological polar surface area (TPSA) is 46.6 Å². The van der Waals surface area contributed by atoms with Gasteiger partial charge in [-0.15, -0.1) is 11.3 Å². The molecule has 4 nitrogen and oxygen atoms in total. The average Bonchev–Trinajstić information content (AvgIpc) is 2.88. The van der Waals surface area contributed by atoms with Crippen LogP contribution in [0.1, 0.15) is 22.5 Å². The van der Waals surface area contributed by atoms with Gasteiger partial charge in [-0.25, -0.2) is 4.39 Å². The first-order chi connectivity index (χ1) is 10.0. The van der Waals surface area contributed by atoms with Crippen LogP contribution in [0.2, 0.25) is 0 Å². The number of fused-ring (bicyclic) bond motifs is 1. The van der Waals surface area contributed by atoms with Crippen LogP contribution in [0.4, 0.5) is 4.39 Å². The fourth-order valence-electron chi connectivity index (χ4n) is 1.96. The predicted octanol–water partition coefficient (Wildman–Crippen LogP) is 3.07. The maximum atomic E-state index is 13.1. The van der Waals surface area contributed by atoms with E-state index in [1.165, 1.54) is 30.6 Å². The summed E-state index contributed by atoms with van der Waals surface area (Å²) in [5.74, 6) is -0.718. The van der Waals surface area contributed by atoms with Gasteiger partial charge < -0.3 is 9.64 Å². The number of halogens is 1. The summed E-state index contributed by atoms with van der Waals surface area (Å²) in [7, 11) is 3.03. The monoisotopic (exact) mass is 309 g/mol. The fourth-order valence-corrected chi connectivity index (χ4v) is 3.04. The van der Waals surface area contributed by atoms with Gasteiger partial charge >= 0.3 is 5.97 Å². The normalized spacial score (nSPS) is 10.6. The van der Waals surface area contributed by atoms with Crippen molar-refractivity contribution in [1.29, 1.82) is 0 Å². The molecule has 0 spiro atoms. The van der Waals surface area contributed by atoms with Gasteiger partial charge in [0.2, 0.25) is 0 Å². The van der Waals surface area contributed by atoms with Crippen LogP contribution in [0.15, 0.2) is 24.3 Å². The highest BCUT2D eigenvalue weighted by Crippen LogP contribution is 2.27. The Bertz CT molecular complexity index is 668. The fraction of sp³-hybridized carbons (Fsp3) is 0.333. The smallest absolute Gasteiger partial charge is 0.305 e. The Labute approximate surface area is 126 Å². The van der Waals surface area contributed by atoms with E-state index in [4.69, 9.17) is 0 Å². The van der Waals surface area contributed by atoms with Crippen LogP contribution in [-0.2, 0) is 9.53 Å². The minimum absolute atomic E-state index is 0.124. The molecule has 0 radical (unpaired) electrons. The number of amides is 1. The summed E-state index contributed by atoms with van der Waals surface area (Å²) in [6.07, 6.45) is 0.834. The highest BCUT2D eigenvalue weighted by atomic mass is 32.1. The van der Waals surface area contributed by atoms with Crippen molar-refractivity contribution in [3.05, 3.63) is 35.0 Å². The van der Waals surface area contributed by atoms with Crippen molar-refractivity contribution in [2.45, 2.75) is 12.8 Å². The summed E-state index contributed by atoms with van der Waals surface area (Å²) in [4.78, 5) is 25.4. The maximum Gasteiger partial charge on any atom is 0.305 e. The number of nitrogens with zero attached hydrogens (tertiary/aromatic N) is 1. The predicted molar refractivity (Wildman–Crippen MR) is 80.0 cm³/mol. The van der Waals surface area contributed by atoms with Crippen LogP contribution in [0, 0.1) is 5.82 Å². The molecule has 0 N–H and O–H groups in total.